The van der Waals surface area contributed by atoms with Gasteiger partial charge in [0.1, 0.15) is 5.41 Å². The Morgan fingerprint density at radius 3 is 2.53 bits per heavy atom. The van der Waals surface area contributed by atoms with Gasteiger partial charge >= 0.3 is 5.97 Å². The summed E-state index contributed by atoms with van der Waals surface area (Å²) in [5.41, 5.74) is -1.18. The van der Waals surface area contributed by atoms with Gasteiger partial charge in [0.05, 0.1) is 31.1 Å². The lowest BCUT2D eigenvalue weighted by molar-refractivity contribution is -0.155. The highest BCUT2D eigenvalue weighted by molar-refractivity contribution is 6.09. The highest BCUT2D eigenvalue weighted by atomic mass is 16.5. The molecule has 0 aromatic carbocycles. The van der Waals surface area contributed by atoms with E-state index in [1.807, 2.05) is 0 Å². The predicted octanol–water partition coefficient (Wildman–Crippen LogP) is -0.519. The van der Waals surface area contributed by atoms with Crippen LogP contribution in [0.2, 0.25) is 0 Å². The van der Waals surface area contributed by atoms with Gasteiger partial charge in [0.2, 0.25) is 11.8 Å². The normalized spacial score (nSPS) is 44.1. The first-order chi connectivity index (χ1) is 7.97. The van der Waals surface area contributed by atoms with Gasteiger partial charge in [-0.05, 0) is 13.3 Å². The molecular weight excluding hydrogens is 226 g/mol. The molecule has 0 spiro atoms. The molecule has 2 saturated heterocycles. The molecule has 4 unspecified atom stereocenters. The van der Waals surface area contributed by atoms with Crippen molar-refractivity contribution in [3.8, 4) is 0 Å². The van der Waals surface area contributed by atoms with E-state index in [1.54, 1.807) is 0 Å². The van der Waals surface area contributed by atoms with Crippen LogP contribution in [0.25, 0.3) is 0 Å². The van der Waals surface area contributed by atoms with E-state index in [0.717, 1.165) is 4.90 Å². The summed E-state index contributed by atoms with van der Waals surface area (Å²) in [6, 6.07) is -0.659. The van der Waals surface area contributed by atoms with E-state index < -0.39 is 17.4 Å². The van der Waals surface area contributed by atoms with Gasteiger partial charge in [0.25, 0.3) is 0 Å². The Morgan fingerprint density at radius 1 is 1.41 bits per heavy atom. The van der Waals surface area contributed by atoms with Crippen molar-refractivity contribution in [2.75, 3.05) is 13.2 Å². The number of hydrogen-bond donors (Lipinski definition) is 1. The molecule has 1 N–H and O–H groups in total. The first kappa shape index (κ1) is 10.7. The monoisotopic (exact) mass is 239 g/mol. The lowest BCUT2D eigenvalue weighted by atomic mass is 9.84. The minimum Gasteiger partial charge on any atom is -0.481 e. The van der Waals surface area contributed by atoms with Gasteiger partial charge in [0.15, 0.2) is 0 Å². The maximum absolute atomic E-state index is 11.9. The third kappa shape index (κ3) is 1.21. The second kappa shape index (κ2) is 3.07. The van der Waals surface area contributed by atoms with E-state index in [2.05, 4.69) is 0 Å². The molecule has 6 nitrogen and oxygen atoms in total. The molecule has 17 heavy (non-hydrogen) atoms. The quantitative estimate of drug-likeness (QED) is 0.655. The van der Waals surface area contributed by atoms with Crippen LogP contribution in [0.3, 0.4) is 0 Å². The van der Waals surface area contributed by atoms with Crippen molar-refractivity contribution in [3.63, 3.8) is 0 Å². The lowest BCUT2D eigenvalue weighted by Gasteiger charge is -2.32. The smallest absolute Gasteiger partial charge is 0.313 e. The third-order valence-electron chi connectivity index (χ3n) is 4.11. The Kier molecular flexibility index (Phi) is 1.93. The van der Waals surface area contributed by atoms with Crippen LogP contribution in [0.1, 0.15) is 13.3 Å². The molecule has 1 saturated carbocycles. The summed E-state index contributed by atoms with van der Waals surface area (Å²) < 4.78 is 5.17. The number of carboxylic acids is 1. The van der Waals surface area contributed by atoms with Crippen molar-refractivity contribution in [2.45, 2.75) is 19.4 Å². The maximum Gasteiger partial charge on any atom is 0.313 e. The van der Waals surface area contributed by atoms with Crippen LogP contribution in [0.5, 0.6) is 0 Å². The molecule has 4 atom stereocenters. The molecule has 2 aliphatic heterocycles. The highest BCUT2D eigenvalue weighted by Gasteiger charge is 2.64. The van der Waals surface area contributed by atoms with E-state index in [1.165, 1.54) is 6.92 Å². The molecule has 92 valence electrons. The molecule has 2 amide bonds. The number of aliphatic carboxylic acids is 1. The summed E-state index contributed by atoms with van der Waals surface area (Å²) in [6.45, 7) is 1.69. The number of fused-ring (bicyclic) bond motifs is 1. The van der Waals surface area contributed by atoms with E-state index in [4.69, 9.17) is 4.74 Å². The van der Waals surface area contributed by atoms with Gasteiger partial charge in [0, 0.05) is 0 Å². The minimum absolute atomic E-state index is 0.0411. The topological polar surface area (TPSA) is 83.9 Å². The van der Waals surface area contributed by atoms with Gasteiger partial charge in [-0.2, -0.15) is 0 Å². The minimum atomic E-state index is -1.18. The number of nitrogens with zero attached hydrogens (tertiary/aromatic N) is 1. The summed E-state index contributed by atoms with van der Waals surface area (Å²) in [6.07, 6.45) is 0.630. The van der Waals surface area contributed by atoms with E-state index in [-0.39, 0.29) is 36.9 Å². The van der Waals surface area contributed by atoms with Gasteiger partial charge in [-0.15, -0.1) is 0 Å². The highest BCUT2D eigenvalue weighted by Crippen LogP contribution is 2.50. The van der Waals surface area contributed by atoms with Crippen molar-refractivity contribution in [1.29, 1.82) is 0 Å². The van der Waals surface area contributed by atoms with Crippen LogP contribution in [-0.2, 0) is 19.1 Å². The van der Waals surface area contributed by atoms with E-state index in [9.17, 15) is 19.5 Å². The number of carbonyl (C=O) groups excluding carboxylic acids is 2. The number of piperidine rings is 1. The molecule has 6 heteroatoms. The molecule has 2 heterocycles. The second-order valence-corrected chi connectivity index (χ2v) is 5.25. The average Bonchev–Trinajstić information content (AvgIpc) is 2.92. The third-order valence-corrected chi connectivity index (χ3v) is 4.11. The molecule has 3 rings (SSSR count). The molecule has 0 aromatic rings. The standard InChI is InChI=1S/C11H13NO5/c1-11(10(15)16)4-17-3-7(11)12-8(13)5-2-6(5)9(12)14/h5-7H,2-4H2,1H3,(H,15,16). The zero-order valence-corrected chi connectivity index (χ0v) is 9.38. The van der Waals surface area contributed by atoms with Crippen molar-refractivity contribution < 1.29 is 24.2 Å². The summed E-state index contributed by atoms with van der Waals surface area (Å²) in [5.74, 6) is -1.85. The van der Waals surface area contributed by atoms with Crippen LogP contribution >= 0.6 is 0 Å². The molecule has 0 bridgehead atoms. The first-order valence-corrected chi connectivity index (χ1v) is 5.65. The fourth-order valence-electron chi connectivity index (χ4n) is 2.74. The van der Waals surface area contributed by atoms with Crippen molar-refractivity contribution >= 4 is 17.8 Å². The summed E-state index contributed by atoms with van der Waals surface area (Å²) >= 11 is 0. The largest absolute Gasteiger partial charge is 0.481 e. The molecular formula is C11H13NO5. The molecule has 3 aliphatic rings. The zero-order valence-electron chi connectivity index (χ0n) is 9.38. The summed E-state index contributed by atoms with van der Waals surface area (Å²) in [5, 5.41) is 9.22. The Labute approximate surface area is 97.5 Å². The van der Waals surface area contributed by atoms with Gasteiger partial charge < -0.3 is 9.84 Å². The summed E-state index contributed by atoms with van der Waals surface area (Å²) in [7, 11) is 0. The van der Waals surface area contributed by atoms with E-state index in [0.29, 0.717) is 6.42 Å². The van der Waals surface area contributed by atoms with Crippen LogP contribution in [-0.4, -0.2) is 47.0 Å². The van der Waals surface area contributed by atoms with Crippen LogP contribution in [0.4, 0.5) is 0 Å². The average molecular weight is 239 g/mol. The van der Waals surface area contributed by atoms with Crippen molar-refractivity contribution in [1.82, 2.24) is 4.90 Å². The van der Waals surface area contributed by atoms with Crippen molar-refractivity contribution in [2.24, 2.45) is 17.3 Å². The van der Waals surface area contributed by atoms with Gasteiger partial charge in [-0.25, -0.2) is 0 Å². The first-order valence-electron chi connectivity index (χ1n) is 5.65. The lowest BCUT2D eigenvalue weighted by Crippen LogP contribution is -2.53. The fraction of sp³-hybridized carbons (Fsp3) is 0.727. The Balaban J connectivity index is 1.92. The van der Waals surface area contributed by atoms with E-state index >= 15 is 0 Å². The molecule has 0 aromatic heterocycles. The Bertz CT molecular complexity index is 414. The Morgan fingerprint density at radius 2 is 2.00 bits per heavy atom. The molecule has 3 fully saturated rings. The van der Waals surface area contributed by atoms with Crippen LogP contribution < -0.4 is 0 Å². The summed E-state index contributed by atoms with van der Waals surface area (Å²) in [4.78, 5) is 36.2. The predicted molar refractivity (Wildman–Crippen MR) is 53.8 cm³/mol. The van der Waals surface area contributed by atoms with Crippen LogP contribution in [0.15, 0.2) is 0 Å². The van der Waals surface area contributed by atoms with Gasteiger partial charge in [-0.1, -0.05) is 0 Å². The number of carbonyl (C=O) groups is 3. The number of ether oxygens (including phenoxy) is 1. The second-order valence-electron chi connectivity index (χ2n) is 5.25. The maximum atomic E-state index is 11.9. The SMILES string of the molecule is CC1(C(=O)O)COCC1N1C(=O)C2CC2C1=O. The van der Waals surface area contributed by atoms with Crippen LogP contribution in [0, 0.1) is 17.3 Å². The number of imide groups is 1. The number of likely N-dealkylation sites (tertiary alicyclic amines) is 1. The number of rotatable bonds is 2. The van der Waals surface area contributed by atoms with Crippen molar-refractivity contribution in [3.05, 3.63) is 0 Å². The molecule has 1 aliphatic carbocycles. The fourth-order valence-corrected chi connectivity index (χ4v) is 2.74. The zero-order chi connectivity index (χ0) is 12.4. The Hall–Kier alpha value is -1.43. The van der Waals surface area contributed by atoms with Gasteiger partial charge in [-0.3, -0.25) is 19.3 Å². The number of hydrogen-bond acceptors (Lipinski definition) is 4. The number of amides is 2. The number of carboxylic acid groups (broad SMARTS) is 1. The molecule has 0 radical (unpaired) electrons.